The minimum absolute atomic E-state index is 0.0339. The van der Waals surface area contributed by atoms with Crippen LogP contribution in [-0.2, 0) is 9.53 Å². The maximum absolute atomic E-state index is 11.4. The highest BCUT2D eigenvalue weighted by Crippen LogP contribution is 2.18. The second kappa shape index (κ2) is 7.67. The Hall–Kier alpha value is -0.610. The summed E-state index contributed by atoms with van der Waals surface area (Å²) in [5, 5.41) is 0. The third kappa shape index (κ3) is 4.64. The molecule has 0 aromatic heterocycles. The van der Waals surface area contributed by atoms with Crippen LogP contribution in [0.4, 0.5) is 0 Å². The summed E-state index contributed by atoms with van der Waals surface area (Å²) in [6, 6.07) is 0. The minimum Gasteiger partial charge on any atom is -0.469 e. The number of likely N-dealkylation sites (tertiary alicyclic amines) is 1. The van der Waals surface area contributed by atoms with Gasteiger partial charge in [0.05, 0.1) is 13.0 Å². The van der Waals surface area contributed by atoms with Crippen LogP contribution in [-0.4, -0.2) is 62.1 Å². The van der Waals surface area contributed by atoms with Crippen LogP contribution in [0.3, 0.4) is 0 Å². The second-order valence-electron chi connectivity index (χ2n) is 4.67. The van der Waals surface area contributed by atoms with Crippen molar-refractivity contribution in [2.24, 2.45) is 5.92 Å². The molecule has 1 aliphatic heterocycles. The maximum atomic E-state index is 11.4. The molecule has 0 radical (unpaired) electrons. The molecule has 0 aromatic carbocycles. The Kier molecular flexibility index (Phi) is 6.52. The second-order valence-corrected chi connectivity index (χ2v) is 4.67. The van der Waals surface area contributed by atoms with E-state index in [0.29, 0.717) is 0 Å². The zero-order chi connectivity index (χ0) is 12.7. The first-order chi connectivity index (χ1) is 8.21. The summed E-state index contributed by atoms with van der Waals surface area (Å²) in [6.07, 6.45) is 1.90. The molecule has 1 fully saturated rings. The Morgan fingerprint density at radius 2 is 1.88 bits per heavy atom. The molecular weight excluding hydrogens is 216 g/mol. The van der Waals surface area contributed by atoms with Crippen LogP contribution in [0.5, 0.6) is 0 Å². The van der Waals surface area contributed by atoms with Gasteiger partial charge in [-0.15, -0.1) is 0 Å². The van der Waals surface area contributed by atoms with Crippen molar-refractivity contribution in [2.75, 3.05) is 46.4 Å². The van der Waals surface area contributed by atoms with Gasteiger partial charge in [0.25, 0.3) is 0 Å². The van der Waals surface area contributed by atoms with E-state index >= 15 is 0 Å². The number of rotatable bonds is 6. The Labute approximate surface area is 105 Å². The highest BCUT2D eigenvalue weighted by molar-refractivity contribution is 5.72. The fourth-order valence-corrected chi connectivity index (χ4v) is 2.38. The summed E-state index contributed by atoms with van der Waals surface area (Å²) in [5.41, 5.74) is 0. The topological polar surface area (TPSA) is 32.8 Å². The lowest BCUT2D eigenvalue weighted by Gasteiger charge is -2.32. The molecule has 0 N–H and O–H groups in total. The van der Waals surface area contributed by atoms with Gasteiger partial charge >= 0.3 is 5.97 Å². The summed E-state index contributed by atoms with van der Waals surface area (Å²) in [5.74, 6) is 0.0955. The van der Waals surface area contributed by atoms with Crippen LogP contribution >= 0.6 is 0 Å². The number of piperidine rings is 1. The molecular formula is C13H26N2O2. The number of nitrogens with zero attached hydrogens (tertiary/aromatic N) is 2. The molecule has 0 aliphatic carbocycles. The Balaban J connectivity index is 2.21. The predicted octanol–water partition coefficient (Wildman–Crippen LogP) is 1.21. The average molecular weight is 242 g/mol. The Morgan fingerprint density at radius 3 is 2.35 bits per heavy atom. The number of hydrogen-bond donors (Lipinski definition) is 0. The monoisotopic (exact) mass is 242 g/mol. The van der Waals surface area contributed by atoms with Gasteiger partial charge in [-0.2, -0.15) is 0 Å². The summed E-state index contributed by atoms with van der Waals surface area (Å²) in [7, 11) is 1.48. The van der Waals surface area contributed by atoms with Gasteiger partial charge in [-0.3, -0.25) is 4.79 Å². The first kappa shape index (κ1) is 14.5. The van der Waals surface area contributed by atoms with Gasteiger partial charge in [0, 0.05) is 13.1 Å². The maximum Gasteiger partial charge on any atom is 0.308 e. The molecule has 0 saturated carbocycles. The van der Waals surface area contributed by atoms with E-state index in [9.17, 15) is 4.79 Å². The lowest BCUT2D eigenvalue weighted by atomic mass is 9.97. The highest BCUT2D eigenvalue weighted by Gasteiger charge is 2.25. The molecule has 0 unspecified atom stereocenters. The molecule has 0 bridgehead atoms. The van der Waals surface area contributed by atoms with Crippen molar-refractivity contribution in [3.05, 3.63) is 0 Å². The molecule has 1 aliphatic rings. The molecule has 4 heteroatoms. The lowest BCUT2D eigenvalue weighted by Crippen LogP contribution is -2.41. The molecule has 1 heterocycles. The van der Waals surface area contributed by atoms with Crippen LogP contribution in [0, 0.1) is 5.92 Å². The van der Waals surface area contributed by atoms with E-state index in [4.69, 9.17) is 4.74 Å². The van der Waals surface area contributed by atoms with E-state index < -0.39 is 0 Å². The molecule has 0 atom stereocenters. The van der Waals surface area contributed by atoms with Crippen molar-refractivity contribution in [1.82, 2.24) is 9.80 Å². The molecule has 1 saturated heterocycles. The van der Waals surface area contributed by atoms with E-state index in [-0.39, 0.29) is 11.9 Å². The number of carbonyl (C=O) groups excluding carboxylic acids is 1. The standard InChI is InChI=1S/C13H26N2O2/c1-4-14(5-2)10-11-15-8-6-12(7-9-15)13(16)17-3/h12H,4-11H2,1-3H3. The molecule has 0 aromatic rings. The molecule has 0 amide bonds. The van der Waals surface area contributed by atoms with Crippen LogP contribution in [0.25, 0.3) is 0 Å². The zero-order valence-electron chi connectivity index (χ0n) is 11.4. The fourth-order valence-electron chi connectivity index (χ4n) is 2.38. The molecule has 0 spiro atoms. The third-order valence-corrected chi connectivity index (χ3v) is 3.75. The first-order valence-corrected chi connectivity index (χ1v) is 6.73. The molecule has 4 nitrogen and oxygen atoms in total. The van der Waals surface area contributed by atoms with E-state index in [0.717, 1.165) is 52.1 Å². The number of carbonyl (C=O) groups is 1. The Bertz CT molecular complexity index is 221. The van der Waals surface area contributed by atoms with Crippen LogP contribution in [0.2, 0.25) is 0 Å². The lowest BCUT2D eigenvalue weighted by molar-refractivity contribution is -0.147. The summed E-state index contributed by atoms with van der Waals surface area (Å²) >= 11 is 0. The van der Waals surface area contributed by atoms with Gasteiger partial charge in [0.15, 0.2) is 0 Å². The first-order valence-electron chi connectivity index (χ1n) is 6.73. The fraction of sp³-hybridized carbons (Fsp3) is 0.923. The van der Waals surface area contributed by atoms with Crippen molar-refractivity contribution in [1.29, 1.82) is 0 Å². The van der Waals surface area contributed by atoms with Crippen LogP contribution in [0.1, 0.15) is 26.7 Å². The zero-order valence-corrected chi connectivity index (χ0v) is 11.4. The van der Waals surface area contributed by atoms with Crippen molar-refractivity contribution in [2.45, 2.75) is 26.7 Å². The molecule has 17 heavy (non-hydrogen) atoms. The van der Waals surface area contributed by atoms with Gasteiger partial charge in [0.2, 0.25) is 0 Å². The van der Waals surface area contributed by atoms with Crippen LogP contribution < -0.4 is 0 Å². The smallest absolute Gasteiger partial charge is 0.308 e. The minimum atomic E-state index is -0.0339. The van der Waals surface area contributed by atoms with E-state index in [1.807, 2.05) is 0 Å². The van der Waals surface area contributed by atoms with Crippen molar-refractivity contribution in [3.8, 4) is 0 Å². The SMILES string of the molecule is CCN(CC)CCN1CCC(C(=O)OC)CC1. The quantitative estimate of drug-likeness (QED) is 0.656. The number of methoxy groups -OCH3 is 1. The van der Waals surface area contributed by atoms with Crippen molar-refractivity contribution >= 4 is 5.97 Å². The number of esters is 1. The molecule has 100 valence electrons. The van der Waals surface area contributed by atoms with Gasteiger partial charge < -0.3 is 14.5 Å². The average Bonchev–Trinajstić information content (AvgIpc) is 2.39. The van der Waals surface area contributed by atoms with Gasteiger partial charge in [-0.25, -0.2) is 0 Å². The highest BCUT2D eigenvalue weighted by atomic mass is 16.5. The summed E-state index contributed by atoms with van der Waals surface area (Å²) in [6.45, 7) is 11.0. The third-order valence-electron chi connectivity index (χ3n) is 3.75. The van der Waals surface area contributed by atoms with Gasteiger partial charge in [0.1, 0.15) is 0 Å². The summed E-state index contributed by atoms with van der Waals surface area (Å²) < 4.78 is 4.79. The van der Waals surface area contributed by atoms with Gasteiger partial charge in [-0.05, 0) is 39.0 Å². The summed E-state index contributed by atoms with van der Waals surface area (Å²) in [4.78, 5) is 16.3. The van der Waals surface area contributed by atoms with Crippen LogP contribution in [0.15, 0.2) is 0 Å². The van der Waals surface area contributed by atoms with E-state index in [1.54, 1.807) is 0 Å². The predicted molar refractivity (Wildman–Crippen MR) is 69.0 cm³/mol. The van der Waals surface area contributed by atoms with E-state index in [1.165, 1.54) is 7.11 Å². The normalized spacial score (nSPS) is 18.6. The largest absolute Gasteiger partial charge is 0.469 e. The van der Waals surface area contributed by atoms with Crippen molar-refractivity contribution < 1.29 is 9.53 Å². The number of likely N-dealkylation sites (N-methyl/N-ethyl adjacent to an activating group) is 1. The Morgan fingerprint density at radius 1 is 1.29 bits per heavy atom. The van der Waals surface area contributed by atoms with Crippen molar-refractivity contribution in [3.63, 3.8) is 0 Å². The van der Waals surface area contributed by atoms with Gasteiger partial charge in [-0.1, -0.05) is 13.8 Å². The number of ether oxygens (including phenoxy) is 1. The number of hydrogen-bond acceptors (Lipinski definition) is 4. The molecule has 1 rings (SSSR count). The van der Waals surface area contributed by atoms with E-state index in [2.05, 4.69) is 23.6 Å².